The van der Waals surface area contributed by atoms with E-state index in [0.717, 1.165) is 11.5 Å². The number of hydrogen-bond donors (Lipinski definition) is 2. The first-order chi connectivity index (χ1) is 7.99. The van der Waals surface area contributed by atoms with Crippen molar-refractivity contribution in [1.29, 1.82) is 0 Å². The number of hydrogen-bond acceptors (Lipinski definition) is 4. The Morgan fingerprint density at radius 1 is 1.35 bits per heavy atom. The smallest absolute Gasteiger partial charge is 0.303 e. The van der Waals surface area contributed by atoms with E-state index in [4.69, 9.17) is 9.52 Å². The van der Waals surface area contributed by atoms with Crippen LogP contribution in [-0.4, -0.2) is 22.0 Å². The van der Waals surface area contributed by atoms with E-state index in [9.17, 15) is 9.59 Å². The van der Waals surface area contributed by atoms with Gasteiger partial charge in [0.05, 0.1) is 12.2 Å². The molecule has 94 valence electrons. The van der Waals surface area contributed by atoms with E-state index in [1.807, 2.05) is 6.92 Å². The molecule has 17 heavy (non-hydrogen) atoms. The Morgan fingerprint density at radius 3 is 2.59 bits per heavy atom. The molecule has 6 heteroatoms. The topological polar surface area (TPSA) is 92.4 Å². The predicted molar refractivity (Wildman–Crippen MR) is 59.3 cm³/mol. The zero-order chi connectivity index (χ0) is 12.8. The van der Waals surface area contributed by atoms with Crippen LogP contribution in [-0.2, 0) is 16.1 Å². The van der Waals surface area contributed by atoms with Gasteiger partial charge in [0.15, 0.2) is 0 Å². The molecule has 0 radical (unpaired) electrons. The number of nitrogens with zero attached hydrogens (tertiary/aromatic N) is 1. The van der Waals surface area contributed by atoms with Gasteiger partial charge < -0.3 is 14.8 Å². The lowest BCUT2D eigenvalue weighted by atomic mass is 10.2. The normalized spacial score (nSPS) is 10.2. The number of oxazole rings is 1. The van der Waals surface area contributed by atoms with Crippen molar-refractivity contribution in [3.63, 3.8) is 0 Å². The van der Waals surface area contributed by atoms with Crippen LogP contribution in [0.15, 0.2) is 4.42 Å². The highest BCUT2D eigenvalue weighted by molar-refractivity contribution is 5.76. The molecule has 0 saturated carbocycles. The molecule has 0 aliphatic rings. The Labute approximate surface area is 99.0 Å². The summed E-state index contributed by atoms with van der Waals surface area (Å²) < 4.78 is 5.29. The molecular weight excluding hydrogens is 224 g/mol. The number of carboxylic acids is 1. The minimum atomic E-state index is -0.892. The molecule has 1 heterocycles. The zero-order valence-electron chi connectivity index (χ0n) is 9.95. The van der Waals surface area contributed by atoms with E-state index in [2.05, 4.69) is 10.3 Å². The fourth-order valence-corrected chi connectivity index (χ4v) is 1.28. The van der Waals surface area contributed by atoms with Crippen molar-refractivity contribution in [2.75, 3.05) is 0 Å². The second-order valence-electron chi connectivity index (χ2n) is 3.77. The second-order valence-corrected chi connectivity index (χ2v) is 3.77. The molecule has 6 nitrogen and oxygen atoms in total. The fourth-order valence-electron chi connectivity index (χ4n) is 1.28. The van der Waals surface area contributed by atoms with Crippen LogP contribution in [0, 0.1) is 13.8 Å². The lowest BCUT2D eigenvalue weighted by Crippen LogP contribution is -2.22. The first-order valence-corrected chi connectivity index (χ1v) is 5.40. The molecule has 0 bridgehead atoms. The number of amides is 1. The number of carboxylic acid groups (broad SMARTS) is 1. The average Bonchev–Trinajstić information content (AvgIpc) is 2.55. The molecule has 0 unspecified atom stereocenters. The third-order valence-corrected chi connectivity index (χ3v) is 2.30. The van der Waals surface area contributed by atoms with Gasteiger partial charge in [-0.15, -0.1) is 0 Å². The van der Waals surface area contributed by atoms with Gasteiger partial charge in [-0.3, -0.25) is 9.59 Å². The van der Waals surface area contributed by atoms with Gasteiger partial charge in [-0.2, -0.15) is 0 Å². The highest BCUT2D eigenvalue weighted by Gasteiger charge is 2.08. The van der Waals surface area contributed by atoms with Gasteiger partial charge >= 0.3 is 5.97 Å². The molecule has 1 aromatic rings. The quantitative estimate of drug-likeness (QED) is 0.778. The second kappa shape index (κ2) is 6.03. The third-order valence-electron chi connectivity index (χ3n) is 2.30. The van der Waals surface area contributed by atoms with Crippen LogP contribution >= 0.6 is 0 Å². The minimum Gasteiger partial charge on any atom is -0.481 e. The molecule has 0 aliphatic carbocycles. The van der Waals surface area contributed by atoms with Gasteiger partial charge in [0, 0.05) is 12.8 Å². The average molecular weight is 240 g/mol. The Morgan fingerprint density at radius 2 is 2.06 bits per heavy atom. The summed E-state index contributed by atoms with van der Waals surface area (Å²) in [5.41, 5.74) is 0.806. The maximum absolute atomic E-state index is 11.3. The molecule has 1 rings (SSSR count). The summed E-state index contributed by atoms with van der Waals surface area (Å²) in [5, 5.41) is 11.0. The largest absolute Gasteiger partial charge is 0.481 e. The van der Waals surface area contributed by atoms with Crippen LogP contribution in [0.2, 0.25) is 0 Å². The highest BCUT2D eigenvalue weighted by Crippen LogP contribution is 2.07. The van der Waals surface area contributed by atoms with Crippen molar-refractivity contribution < 1.29 is 19.1 Å². The predicted octanol–water partition coefficient (Wildman–Crippen LogP) is 1.16. The van der Waals surface area contributed by atoms with Gasteiger partial charge in [-0.25, -0.2) is 4.98 Å². The summed E-state index contributed by atoms with van der Waals surface area (Å²) in [5.74, 6) is 0.114. The number of nitrogens with one attached hydrogen (secondary N) is 1. The molecule has 1 aromatic heterocycles. The van der Waals surface area contributed by atoms with E-state index in [-0.39, 0.29) is 25.3 Å². The molecule has 0 fully saturated rings. The van der Waals surface area contributed by atoms with Crippen molar-refractivity contribution in [2.24, 2.45) is 0 Å². The van der Waals surface area contributed by atoms with Crippen LogP contribution in [0.4, 0.5) is 0 Å². The van der Waals surface area contributed by atoms with Gasteiger partial charge in [0.25, 0.3) is 0 Å². The molecule has 0 atom stereocenters. The molecule has 1 amide bonds. The number of aromatic nitrogens is 1. The van der Waals surface area contributed by atoms with Gasteiger partial charge in [-0.1, -0.05) is 0 Å². The Hall–Kier alpha value is -1.85. The van der Waals surface area contributed by atoms with Crippen molar-refractivity contribution in [3.05, 3.63) is 17.3 Å². The van der Waals surface area contributed by atoms with E-state index in [1.54, 1.807) is 6.92 Å². The summed E-state index contributed by atoms with van der Waals surface area (Å²) in [6, 6.07) is 0. The van der Waals surface area contributed by atoms with E-state index in [1.165, 1.54) is 0 Å². The Bertz CT molecular complexity index is 392. The van der Waals surface area contributed by atoms with Crippen molar-refractivity contribution >= 4 is 11.9 Å². The van der Waals surface area contributed by atoms with Crippen molar-refractivity contribution in [3.8, 4) is 0 Å². The summed E-state index contributed by atoms with van der Waals surface area (Å²) in [4.78, 5) is 25.7. The summed E-state index contributed by atoms with van der Waals surface area (Å²) in [6.45, 7) is 3.87. The Balaban J connectivity index is 2.26. The molecule has 0 spiro atoms. The van der Waals surface area contributed by atoms with Gasteiger partial charge in [0.2, 0.25) is 11.8 Å². The van der Waals surface area contributed by atoms with Gasteiger partial charge in [-0.05, 0) is 20.3 Å². The van der Waals surface area contributed by atoms with Crippen molar-refractivity contribution in [2.45, 2.75) is 39.7 Å². The van der Waals surface area contributed by atoms with Crippen LogP contribution < -0.4 is 5.32 Å². The summed E-state index contributed by atoms with van der Waals surface area (Å²) in [7, 11) is 0. The maximum Gasteiger partial charge on any atom is 0.303 e. The standard InChI is InChI=1S/C11H16N2O4/c1-7-8(2)17-10(13-7)6-12-9(14)4-3-5-11(15)16/h3-6H2,1-2H3,(H,12,14)(H,15,16). The minimum absolute atomic E-state index is 0.00460. The van der Waals surface area contributed by atoms with Crippen molar-refractivity contribution in [1.82, 2.24) is 10.3 Å². The molecule has 2 N–H and O–H groups in total. The number of rotatable bonds is 6. The van der Waals surface area contributed by atoms with E-state index >= 15 is 0 Å². The van der Waals surface area contributed by atoms with E-state index in [0.29, 0.717) is 12.3 Å². The van der Waals surface area contributed by atoms with Crippen LogP contribution in [0.1, 0.15) is 36.6 Å². The number of aryl methyl sites for hydroxylation is 2. The molecule has 0 aromatic carbocycles. The monoisotopic (exact) mass is 240 g/mol. The summed E-state index contributed by atoms with van der Waals surface area (Å²) >= 11 is 0. The molecular formula is C11H16N2O4. The van der Waals surface area contributed by atoms with E-state index < -0.39 is 5.97 Å². The highest BCUT2D eigenvalue weighted by atomic mass is 16.4. The lowest BCUT2D eigenvalue weighted by molar-refractivity contribution is -0.137. The lowest BCUT2D eigenvalue weighted by Gasteiger charge is -2.01. The molecule has 0 saturated heterocycles. The first-order valence-electron chi connectivity index (χ1n) is 5.40. The Kier molecular flexibility index (Phi) is 4.68. The number of aliphatic carboxylic acids is 1. The fraction of sp³-hybridized carbons (Fsp3) is 0.545. The zero-order valence-corrected chi connectivity index (χ0v) is 9.95. The van der Waals surface area contributed by atoms with Crippen LogP contribution in [0.5, 0.6) is 0 Å². The summed E-state index contributed by atoms with van der Waals surface area (Å²) in [6.07, 6.45) is 0.542. The van der Waals surface area contributed by atoms with Crippen LogP contribution in [0.3, 0.4) is 0 Å². The third kappa shape index (κ3) is 4.67. The molecule has 0 aliphatic heterocycles. The van der Waals surface area contributed by atoms with Crippen LogP contribution in [0.25, 0.3) is 0 Å². The number of carbonyl (C=O) groups is 2. The first kappa shape index (κ1) is 13.2. The van der Waals surface area contributed by atoms with Gasteiger partial charge in [0.1, 0.15) is 5.76 Å². The number of carbonyl (C=O) groups excluding carboxylic acids is 1. The SMILES string of the molecule is Cc1nc(CNC(=O)CCCC(=O)O)oc1C. The maximum atomic E-state index is 11.3.